The number of hydrogen-bond donors (Lipinski definition) is 1. The molecular weight excluding hydrogens is 209 g/mol. The number of methoxy groups -OCH3 is 1. The summed E-state index contributed by atoms with van der Waals surface area (Å²) in [6.07, 6.45) is -0.685. The van der Waals surface area contributed by atoms with Gasteiger partial charge in [-0.3, -0.25) is 0 Å². The number of aliphatic hydroxyl groups is 1. The summed E-state index contributed by atoms with van der Waals surface area (Å²) in [5.74, 6) is -0.322. The molecule has 0 aliphatic heterocycles. The summed E-state index contributed by atoms with van der Waals surface area (Å²) in [7, 11) is 3.38. The first-order valence-electron chi connectivity index (χ1n) is 5.24. The van der Waals surface area contributed by atoms with Gasteiger partial charge in [0, 0.05) is 26.3 Å². The average Bonchev–Trinajstić information content (AvgIpc) is 2.25. The van der Waals surface area contributed by atoms with Gasteiger partial charge >= 0.3 is 0 Å². The van der Waals surface area contributed by atoms with Crippen LogP contribution in [-0.4, -0.2) is 32.4 Å². The van der Waals surface area contributed by atoms with E-state index < -0.39 is 6.10 Å². The van der Waals surface area contributed by atoms with Crippen molar-refractivity contribution in [2.24, 2.45) is 0 Å². The SMILES string of the molecule is COCCN(C)c1c(F)cccc1[C@H](C)O. The standard InChI is InChI=1S/C12H18FNO2/c1-9(15)10-5-4-6-11(13)12(10)14(2)7-8-16-3/h4-6,9,15H,7-8H2,1-3H3/t9-/m0/s1. The molecule has 0 heterocycles. The minimum absolute atomic E-state index is 0.322. The number of rotatable bonds is 5. The quantitative estimate of drug-likeness (QED) is 0.834. The van der Waals surface area contributed by atoms with Crippen LogP contribution in [0, 0.1) is 5.82 Å². The molecule has 0 amide bonds. The van der Waals surface area contributed by atoms with Gasteiger partial charge in [-0.25, -0.2) is 4.39 Å². The molecular formula is C12H18FNO2. The highest BCUT2D eigenvalue weighted by molar-refractivity contribution is 5.55. The number of likely N-dealkylation sites (N-methyl/N-ethyl adjacent to an activating group) is 1. The van der Waals surface area contributed by atoms with E-state index in [1.807, 2.05) is 0 Å². The predicted octanol–water partition coefficient (Wildman–Crippen LogP) is 1.96. The van der Waals surface area contributed by atoms with Gasteiger partial charge in [-0.1, -0.05) is 12.1 Å². The van der Waals surface area contributed by atoms with E-state index in [0.29, 0.717) is 24.4 Å². The number of halogens is 1. The maximum absolute atomic E-state index is 13.7. The number of anilines is 1. The Balaban J connectivity index is 3.00. The molecule has 0 bridgehead atoms. The Morgan fingerprint density at radius 2 is 2.19 bits per heavy atom. The van der Waals surface area contributed by atoms with Gasteiger partial charge in [-0.2, -0.15) is 0 Å². The Bertz CT molecular complexity index is 342. The van der Waals surface area contributed by atoms with Crippen molar-refractivity contribution in [3.05, 3.63) is 29.6 Å². The van der Waals surface area contributed by atoms with Crippen molar-refractivity contribution in [1.29, 1.82) is 0 Å². The lowest BCUT2D eigenvalue weighted by molar-refractivity contribution is 0.197. The van der Waals surface area contributed by atoms with Crippen molar-refractivity contribution in [3.63, 3.8) is 0 Å². The molecule has 0 aliphatic carbocycles. The lowest BCUT2D eigenvalue weighted by Gasteiger charge is -2.23. The van der Waals surface area contributed by atoms with Gasteiger partial charge in [0.2, 0.25) is 0 Å². The highest BCUT2D eigenvalue weighted by Crippen LogP contribution is 2.28. The Hall–Kier alpha value is -1.13. The van der Waals surface area contributed by atoms with E-state index in [1.165, 1.54) is 6.07 Å². The summed E-state index contributed by atoms with van der Waals surface area (Å²) in [4.78, 5) is 1.75. The number of aliphatic hydroxyl groups excluding tert-OH is 1. The van der Waals surface area contributed by atoms with E-state index in [1.54, 1.807) is 38.1 Å². The fourth-order valence-electron chi connectivity index (χ4n) is 1.61. The average molecular weight is 227 g/mol. The van der Waals surface area contributed by atoms with Crippen LogP contribution in [0.4, 0.5) is 10.1 Å². The number of hydrogen-bond acceptors (Lipinski definition) is 3. The van der Waals surface area contributed by atoms with Crippen LogP contribution in [0.3, 0.4) is 0 Å². The summed E-state index contributed by atoms with van der Waals surface area (Å²) in [5, 5.41) is 9.58. The molecule has 16 heavy (non-hydrogen) atoms. The number of nitrogens with zero attached hydrogens (tertiary/aromatic N) is 1. The molecule has 90 valence electrons. The number of ether oxygens (including phenoxy) is 1. The third-order valence-corrected chi connectivity index (χ3v) is 2.48. The third kappa shape index (κ3) is 2.93. The molecule has 1 aromatic rings. The van der Waals surface area contributed by atoms with E-state index >= 15 is 0 Å². The molecule has 0 unspecified atom stereocenters. The second-order valence-corrected chi connectivity index (χ2v) is 3.77. The Morgan fingerprint density at radius 3 is 2.75 bits per heavy atom. The van der Waals surface area contributed by atoms with Crippen LogP contribution in [0.1, 0.15) is 18.6 Å². The second kappa shape index (κ2) is 5.82. The highest BCUT2D eigenvalue weighted by atomic mass is 19.1. The van der Waals surface area contributed by atoms with E-state index in [4.69, 9.17) is 4.74 Å². The molecule has 0 radical (unpaired) electrons. The van der Waals surface area contributed by atoms with Gasteiger partial charge in [0.1, 0.15) is 5.82 Å². The Labute approximate surface area is 95.5 Å². The molecule has 0 fully saturated rings. The molecule has 1 atom stereocenters. The van der Waals surface area contributed by atoms with Gasteiger partial charge in [0.15, 0.2) is 0 Å². The van der Waals surface area contributed by atoms with E-state index in [0.717, 1.165) is 0 Å². The molecule has 0 spiro atoms. The Morgan fingerprint density at radius 1 is 1.50 bits per heavy atom. The minimum atomic E-state index is -0.685. The zero-order chi connectivity index (χ0) is 12.1. The summed E-state index contributed by atoms with van der Waals surface area (Å²) in [6, 6.07) is 4.72. The van der Waals surface area contributed by atoms with Gasteiger partial charge in [0.05, 0.1) is 18.4 Å². The van der Waals surface area contributed by atoms with E-state index in [2.05, 4.69) is 0 Å². The molecule has 4 heteroatoms. The van der Waals surface area contributed by atoms with Crippen molar-refractivity contribution >= 4 is 5.69 Å². The van der Waals surface area contributed by atoms with E-state index in [-0.39, 0.29) is 5.82 Å². The smallest absolute Gasteiger partial charge is 0.146 e. The molecule has 1 aromatic carbocycles. The van der Waals surface area contributed by atoms with Crippen LogP contribution < -0.4 is 4.90 Å². The normalized spacial score (nSPS) is 12.6. The van der Waals surface area contributed by atoms with Crippen LogP contribution in [0.15, 0.2) is 18.2 Å². The lowest BCUT2D eigenvalue weighted by Crippen LogP contribution is -2.24. The monoisotopic (exact) mass is 227 g/mol. The summed E-state index contributed by atoms with van der Waals surface area (Å²) in [6.45, 7) is 2.73. The second-order valence-electron chi connectivity index (χ2n) is 3.77. The van der Waals surface area contributed by atoms with Gasteiger partial charge < -0.3 is 14.7 Å². The number of benzene rings is 1. The van der Waals surface area contributed by atoms with Crippen molar-refractivity contribution in [2.45, 2.75) is 13.0 Å². The van der Waals surface area contributed by atoms with Crippen LogP contribution >= 0.6 is 0 Å². The highest BCUT2D eigenvalue weighted by Gasteiger charge is 2.15. The van der Waals surface area contributed by atoms with Crippen molar-refractivity contribution < 1.29 is 14.2 Å². The topological polar surface area (TPSA) is 32.7 Å². The maximum atomic E-state index is 13.7. The lowest BCUT2D eigenvalue weighted by atomic mass is 10.1. The van der Waals surface area contributed by atoms with E-state index in [9.17, 15) is 9.50 Å². The molecule has 1 rings (SSSR count). The maximum Gasteiger partial charge on any atom is 0.146 e. The predicted molar refractivity (Wildman–Crippen MR) is 62.2 cm³/mol. The van der Waals surface area contributed by atoms with Crippen LogP contribution in [-0.2, 0) is 4.74 Å². The summed E-state index contributed by atoms with van der Waals surface area (Å²) >= 11 is 0. The van der Waals surface area contributed by atoms with Crippen molar-refractivity contribution in [2.75, 3.05) is 32.2 Å². The molecule has 0 aliphatic rings. The fourth-order valence-corrected chi connectivity index (χ4v) is 1.61. The first-order valence-corrected chi connectivity index (χ1v) is 5.24. The number of para-hydroxylation sites is 1. The first-order chi connectivity index (χ1) is 7.57. The molecule has 0 aromatic heterocycles. The molecule has 0 saturated carbocycles. The minimum Gasteiger partial charge on any atom is -0.389 e. The third-order valence-electron chi connectivity index (χ3n) is 2.48. The largest absolute Gasteiger partial charge is 0.389 e. The van der Waals surface area contributed by atoms with Crippen molar-refractivity contribution in [1.82, 2.24) is 0 Å². The fraction of sp³-hybridized carbons (Fsp3) is 0.500. The van der Waals surface area contributed by atoms with Crippen LogP contribution in [0.25, 0.3) is 0 Å². The molecule has 3 nitrogen and oxygen atoms in total. The summed E-state index contributed by atoms with van der Waals surface area (Å²) < 4.78 is 18.6. The Kier molecular flexibility index (Phi) is 4.71. The molecule has 0 saturated heterocycles. The zero-order valence-corrected chi connectivity index (χ0v) is 9.90. The van der Waals surface area contributed by atoms with Crippen LogP contribution in [0.2, 0.25) is 0 Å². The first kappa shape index (κ1) is 12.9. The van der Waals surface area contributed by atoms with Gasteiger partial charge in [-0.05, 0) is 13.0 Å². The molecule has 1 N–H and O–H groups in total. The van der Waals surface area contributed by atoms with Gasteiger partial charge in [-0.15, -0.1) is 0 Å². The zero-order valence-electron chi connectivity index (χ0n) is 9.90. The van der Waals surface area contributed by atoms with Crippen molar-refractivity contribution in [3.8, 4) is 0 Å². The van der Waals surface area contributed by atoms with Crippen LogP contribution in [0.5, 0.6) is 0 Å². The van der Waals surface area contributed by atoms with Gasteiger partial charge in [0.25, 0.3) is 0 Å². The summed E-state index contributed by atoms with van der Waals surface area (Å²) in [5.41, 5.74) is 1.04.